The number of hydrogen-bond donors (Lipinski definition) is 1. The molecule has 1 heterocycles. The molecule has 0 aliphatic carbocycles. The Labute approximate surface area is 111 Å². The van der Waals surface area contributed by atoms with E-state index in [1.165, 1.54) is 5.56 Å². The molecule has 3 nitrogen and oxygen atoms in total. The molecule has 1 fully saturated rings. The fourth-order valence-corrected chi connectivity index (χ4v) is 2.58. The fourth-order valence-electron chi connectivity index (χ4n) is 2.21. The summed E-state index contributed by atoms with van der Waals surface area (Å²) in [5.74, 6) is 0. The van der Waals surface area contributed by atoms with E-state index in [9.17, 15) is 0 Å². The molecule has 4 heteroatoms. The molecule has 0 bridgehead atoms. The first-order valence-corrected chi connectivity index (χ1v) is 6.66. The predicted molar refractivity (Wildman–Crippen MR) is 73.9 cm³/mol. The highest BCUT2D eigenvalue weighted by Gasteiger charge is 2.27. The van der Waals surface area contributed by atoms with Gasteiger partial charge in [-0.2, -0.15) is 0 Å². The highest BCUT2D eigenvalue weighted by atomic mass is 79.9. The molecule has 0 radical (unpaired) electrons. The first-order chi connectivity index (χ1) is 7.96. The molecule has 0 aromatic heterocycles. The number of hydrogen-bond acceptors (Lipinski definition) is 3. The zero-order valence-electron chi connectivity index (χ0n) is 10.4. The van der Waals surface area contributed by atoms with E-state index in [1.807, 2.05) is 18.2 Å². The first kappa shape index (κ1) is 12.9. The van der Waals surface area contributed by atoms with E-state index < -0.39 is 0 Å². The van der Waals surface area contributed by atoms with Crippen LogP contribution in [0.3, 0.4) is 0 Å². The molecule has 94 valence electrons. The normalized spacial score (nSPS) is 20.4. The van der Waals surface area contributed by atoms with Crippen molar-refractivity contribution in [2.24, 2.45) is 0 Å². The van der Waals surface area contributed by atoms with Crippen molar-refractivity contribution < 1.29 is 4.74 Å². The minimum atomic E-state index is -0.0505. The first-order valence-electron chi connectivity index (χ1n) is 5.86. The van der Waals surface area contributed by atoms with Gasteiger partial charge in [0.1, 0.15) is 0 Å². The average Bonchev–Trinajstić information content (AvgIpc) is 2.22. The summed E-state index contributed by atoms with van der Waals surface area (Å²) in [5, 5.41) is 0. The van der Waals surface area contributed by atoms with Crippen molar-refractivity contribution in [3.63, 3.8) is 0 Å². The lowest BCUT2D eigenvalue weighted by molar-refractivity contribution is -0.0883. The maximum atomic E-state index is 5.82. The zero-order chi connectivity index (χ0) is 12.5. The van der Waals surface area contributed by atoms with Gasteiger partial charge < -0.3 is 10.5 Å². The van der Waals surface area contributed by atoms with Crippen LogP contribution in [0.15, 0.2) is 22.7 Å². The van der Waals surface area contributed by atoms with E-state index in [-0.39, 0.29) is 5.60 Å². The Morgan fingerprint density at radius 1 is 1.47 bits per heavy atom. The number of rotatable bonds is 2. The summed E-state index contributed by atoms with van der Waals surface area (Å²) in [5.41, 5.74) is 7.83. The third-order valence-electron chi connectivity index (χ3n) is 2.97. The average molecular weight is 299 g/mol. The van der Waals surface area contributed by atoms with E-state index in [1.54, 1.807) is 0 Å². The number of nitrogen functional groups attached to an aromatic ring is 1. The second kappa shape index (κ2) is 4.96. The van der Waals surface area contributed by atoms with Crippen molar-refractivity contribution >= 4 is 21.6 Å². The number of benzene rings is 1. The Hall–Kier alpha value is -0.580. The summed E-state index contributed by atoms with van der Waals surface area (Å²) in [4.78, 5) is 2.41. The van der Waals surface area contributed by atoms with E-state index in [0.717, 1.165) is 36.4 Å². The molecule has 0 spiro atoms. The van der Waals surface area contributed by atoms with Gasteiger partial charge in [0.05, 0.1) is 12.2 Å². The summed E-state index contributed by atoms with van der Waals surface area (Å²) in [6.07, 6.45) is 0. The van der Waals surface area contributed by atoms with E-state index in [4.69, 9.17) is 10.5 Å². The maximum Gasteiger partial charge on any atom is 0.0753 e. The molecule has 0 atom stereocenters. The standard InChI is InChI=1S/C13H19BrN2O/c1-13(2)9-16(5-6-17-13)8-10-7-11(15)3-4-12(10)14/h3-4,7H,5-6,8-9,15H2,1-2H3. The number of nitrogens with zero attached hydrogens (tertiary/aromatic N) is 1. The second-order valence-electron chi connectivity index (χ2n) is 5.17. The molecule has 2 N–H and O–H groups in total. The predicted octanol–water partition coefficient (Wildman–Crippen LogP) is 2.64. The van der Waals surface area contributed by atoms with Gasteiger partial charge in [-0.15, -0.1) is 0 Å². The van der Waals surface area contributed by atoms with Gasteiger partial charge in [-0.25, -0.2) is 0 Å². The van der Waals surface area contributed by atoms with Crippen molar-refractivity contribution in [1.82, 2.24) is 4.90 Å². The van der Waals surface area contributed by atoms with Gasteiger partial charge in [0, 0.05) is 29.8 Å². The molecule has 0 amide bonds. The van der Waals surface area contributed by atoms with Crippen LogP contribution in [-0.4, -0.2) is 30.2 Å². The van der Waals surface area contributed by atoms with E-state index in [2.05, 4.69) is 34.7 Å². The molecule has 2 rings (SSSR count). The monoisotopic (exact) mass is 298 g/mol. The topological polar surface area (TPSA) is 38.5 Å². The third-order valence-corrected chi connectivity index (χ3v) is 3.74. The van der Waals surface area contributed by atoms with Gasteiger partial charge in [0.2, 0.25) is 0 Å². The van der Waals surface area contributed by atoms with E-state index >= 15 is 0 Å². The molecule has 1 aromatic carbocycles. The van der Waals surface area contributed by atoms with Crippen LogP contribution in [0.5, 0.6) is 0 Å². The number of morpholine rings is 1. The van der Waals surface area contributed by atoms with Gasteiger partial charge in [0.15, 0.2) is 0 Å². The van der Waals surface area contributed by atoms with Crippen LogP contribution in [0.2, 0.25) is 0 Å². The maximum absolute atomic E-state index is 5.82. The van der Waals surface area contributed by atoms with Crippen LogP contribution in [-0.2, 0) is 11.3 Å². The minimum absolute atomic E-state index is 0.0505. The quantitative estimate of drug-likeness (QED) is 0.853. The Morgan fingerprint density at radius 2 is 2.24 bits per heavy atom. The van der Waals surface area contributed by atoms with Gasteiger partial charge in [0.25, 0.3) is 0 Å². The van der Waals surface area contributed by atoms with Crippen LogP contribution in [0.25, 0.3) is 0 Å². The third kappa shape index (κ3) is 3.44. The number of nitrogens with two attached hydrogens (primary N) is 1. The summed E-state index contributed by atoms with van der Waals surface area (Å²) in [7, 11) is 0. The summed E-state index contributed by atoms with van der Waals surface area (Å²) < 4.78 is 6.83. The summed E-state index contributed by atoms with van der Waals surface area (Å²) in [6, 6.07) is 5.96. The lowest BCUT2D eigenvalue weighted by atomic mass is 10.1. The molecular weight excluding hydrogens is 280 g/mol. The molecule has 0 saturated carbocycles. The Bertz CT molecular complexity index is 406. The molecule has 1 aliphatic heterocycles. The van der Waals surface area contributed by atoms with Crippen LogP contribution >= 0.6 is 15.9 Å². The van der Waals surface area contributed by atoms with Gasteiger partial charge >= 0.3 is 0 Å². The van der Waals surface area contributed by atoms with E-state index in [0.29, 0.717) is 0 Å². The van der Waals surface area contributed by atoms with Gasteiger partial charge in [-0.05, 0) is 37.6 Å². The van der Waals surface area contributed by atoms with Crippen LogP contribution in [0, 0.1) is 0 Å². The smallest absolute Gasteiger partial charge is 0.0753 e. The van der Waals surface area contributed by atoms with Crippen LogP contribution < -0.4 is 5.73 Å². The summed E-state index contributed by atoms with van der Waals surface area (Å²) in [6.45, 7) is 7.91. The Balaban J connectivity index is 2.07. The molecule has 1 saturated heterocycles. The van der Waals surface area contributed by atoms with Crippen molar-refractivity contribution in [3.05, 3.63) is 28.2 Å². The largest absolute Gasteiger partial charge is 0.399 e. The zero-order valence-corrected chi connectivity index (χ0v) is 12.0. The SMILES string of the molecule is CC1(C)CN(Cc2cc(N)ccc2Br)CCO1. The lowest BCUT2D eigenvalue weighted by Gasteiger charge is -2.38. The fraction of sp³-hybridized carbons (Fsp3) is 0.538. The Morgan fingerprint density at radius 3 is 2.94 bits per heavy atom. The molecule has 1 aliphatic rings. The minimum Gasteiger partial charge on any atom is -0.399 e. The van der Waals surface area contributed by atoms with Gasteiger partial charge in [-0.3, -0.25) is 4.90 Å². The van der Waals surface area contributed by atoms with Crippen LogP contribution in [0.4, 0.5) is 5.69 Å². The van der Waals surface area contributed by atoms with Crippen LogP contribution in [0.1, 0.15) is 19.4 Å². The Kier molecular flexibility index (Phi) is 3.76. The number of anilines is 1. The summed E-state index contributed by atoms with van der Waals surface area (Å²) >= 11 is 3.57. The van der Waals surface area contributed by atoms with Crippen molar-refractivity contribution in [3.8, 4) is 0 Å². The molecule has 0 unspecified atom stereocenters. The lowest BCUT2D eigenvalue weighted by Crippen LogP contribution is -2.47. The van der Waals surface area contributed by atoms with Crippen molar-refractivity contribution in [1.29, 1.82) is 0 Å². The second-order valence-corrected chi connectivity index (χ2v) is 6.02. The van der Waals surface area contributed by atoms with Crippen molar-refractivity contribution in [2.45, 2.75) is 26.0 Å². The molecule has 1 aromatic rings. The highest BCUT2D eigenvalue weighted by molar-refractivity contribution is 9.10. The van der Waals surface area contributed by atoms with Gasteiger partial charge in [-0.1, -0.05) is 15.9 Å². The van der Waals surface area contributed by atoms with Crippen molar-refractivity contribution in [2.75, 3.05) is 25.4 Å². The molecular formula is C13H19BrN2O. The number of halogens is 1. The highest BCUT2D eigenvalue weighted by Crippen LogP contribution is 2.24. The number of ether oxygens (including phenoxy) is 1. The molecule has 17 heavy (non-hydrogen) atoms.